The third-order valence-corrected chi connectivity index (χ3v) is 7.46. The molecule has 3 aromatic rings. The van der Waals surface area contributed by atoms with Crippen LogP contribution in [0.2, 0.25) is 0 Å². The molecule has 1 unspecified atom stereocenters. The number of rotatable bonds is 3. The van der Waals surface area contributed by atoms with E-state index in [2.05, 4.69) is 35.3 Å². The fraction of sp³-hybridized carbons (Fsp3) is 0.423. The molecule has 0 aliphatic carbocycles. The second-order valence-corrected chi connectivity index (χ2v) is 9.49. The predicted molar refractivity (Wildman–Crippen MR) is 122 cm³/mol. The van der Waals surface area contributed by atoms with Crippen LogP contribution in [-0.4, -0.2) is 43.3 Å². The summed E-state index contributed by atoms with van der Waals surface area (Å²) in [4.78, 5) is 15.3. The molecule has 6 heteroatoms. The predicted octanol–water partition coefficient (Wildman–Crippen LogP) is 4.92. The number of amides is 1. The smallest absolute Gasteiger partial charge is 0.408 e. The molecule has 7 rings (SSSR count). The van der Waals surface area contributed by atoms with E-state index >= 15 is 0 Å². The van der Waals surface area contributed by atoms with E-state index in [0.717, 1.165) is 65.9 Å². The van der Waals surface area contributed by atoms with Crippen molar-refractivity contribution in [3.63, 3.8) is 0 Å². The first-order valence-corrected chi connectivity index (χ1v) is 11.5. The van der Waals surface area contributed by atoms with Crippen molar-refractivity contribution in [2.45, 2.75) is 37.8 Å². The van der Waals surface area contributed by atoms with E-state index in [9.17, 15) is 4.79 Å². The highest BCUT2D eigenvalue weighted by Gasteiger charge is 2.39. The van der Waals surface area contributed by atoms with Gasteiger partial charge in [-0.15, -0.1) is 0 Å². The second kappa shape index (κ2) is 7.55. The van der Waals surface area contributed by atoms with E-state index in [1.54, 1.807) is 6.26 Å². The molecule has 2 aromatic carbocycles. The van der Waals surface area contributed by atoms with Crippen LogP contribution >= 0.6 is 0 Å². The quantitative estimate of drug-likeness (QED) is 0.637. The van der Waals surface area contributed by atoms with Gasteiger partial charge in [-0.3, -0.25) is 4.90 Å². The van der Waals surface area contributed by atoms with Gasteiger partial charge < -0.3 is 19.2 Å². The van der Waals surface area contributed by atoms with E-state index in [0.29, 0.717) is 18.9 Å². The Balaban J connectivity index is 1.23. The summed E-state index contributed by atoms with van der Waals surface area (Å²) in [5.74, 6) is 1.29. The molecule has 2 bridgehead atoms. The minimum atomic E-state index is -0.532. The van der Waals surface area contributed by atoms with Crippen molar-refractivity contribution in [3.05, 3.63) is 54.3 Å². The molecule has 0 spiro atoms. The molecule has 3 fully saturated rings. The van der Waals surface area contributed by atoms with Gasteiger partial charge in [-0.2, -0.15) is 0 Å². The van der Waals surface area contributed by atoms with Crippen LogP contribution in [0.25, 0.3) is 22.1 Å². The van der Waals surface area contributed by atoms with Crippen LogP contribution in [-0.2, 0) is 10.3 Å². The van der Waals surface area contributed by atoms with Crippen LogP contribution < -0.4 is 10.1 Å². The molecule has 6 nitrogen and oxygen atoms in total. The fourth-order valence-corrected chi connectivity index (χ4v) is 5.53. The van der Waals surface area contributed by atoms with Gasteiger partial charge in [-0.25, -0.2) is 4.79 Å². The largest absolute Gasteiger partial charge is 0.493 e. The van der Waals surface area contributed by atoms with E-state index in [1.807, 2.05) is 24.3 Å². The number of piperidine rings is 3. The first kappa shape index (κ1) is 19.7. The lowest BCUT2D eigenvalue weighted by atomic mass is 9.85. The van der Waals surface area contributed by atoms with Crippen LogP contribution in [0.1, 0.15) is 31.7 Å². The Morgan fingerprint density at radius 2 is 2.03 bits per heavy atom. The summed E-state index contributed by atoms with van der Waals surface area (Å²) in [5, 5.41) is 4.24. The van der Waals surface area contributed by atoms with Gasteiger partial charge in [0.15, 0.2) is 0 Å². The average Bonchev–Trinajstić information content (AvgIpc) is 3.24. The summed E-state index contributed by atoms with van der Waals surface area (Å²) in [6, 6.07) is 14.2. The summed E-state index contributed by atoms with van der Waals surface area (Å²) in [6.07, 6.45) is 4.40. The van der Waals surface area contributed by atoms with E-state index < -0.39 is 5.54 Å². The minimum Gasteiger partial charge on any atom is -0.493 e. The van der Waals surface area contributed by atoms with Crippen LogP contribution in [0.4, 0.5) is 4.79 Å². The molecule has 4 aliphatic heterocycles. The Morgan fingerprint density at radius 3 is 2.84 bits per heavy atom. The summed E-state index contributed by atoms with van der Waals surface area (Å²) < 4.78 is 17.6. The number of nitrogens with one attached hydrogen (secondary N) is 1. The maximum Gasteiger partial charge on any atom is 0.408 e. The van der Waals surface area contributed by atoms with Crippen LogP contribution in [0.3, 0.4) is 0 Å². The number of alkyl carbamates (subject to hydrolysis) is 1. The lowest BCUT2D eigenvalue weighted by molar-refractivity contribution is -0.0358. The van der Waals surface area contributed by atoms with Crippen molar-refractivity contribution >= 4 is 17.1 Å². The zero-order chi connectivity index (χ0) is 21.7. The number of furan rings is 1. The number of ether oxygens (including phenoxy) is 2. The lowest BCUT2D eigenvalue weighted by Gasteiger charge is -2.44. The van der Waals surface area contributed by atoms with E-state index in [4.69, 9.17) is 13.9 Å². The summed E-state index contributed by atoms with van der Waals surface area (Å²) >= 11 is 0. The van der Waals surface area contributed by atoms with Gasteiger partial charge in [-0.1, -0.05) is 30.3 Å². The fourth-order valence-electron chi connectivity index (χ4n) is 5.53. The highest BCUT2D eigenvalue weighted by Crippen LogP contribution is 2.41. The first-order chi connectivity index (χ1) is 15.6. The number of fused-ring (bicyclic) bond motifs is 5. The SMILES string of the molecule is CC1(NC(=O)O[C@H]2CN3CCC2CC3)CCOc2cc(-c3coc4ccccc34)ccc21. The molecule has 1 N–H and O–H groups in total. The normalized spacial score (nSPS) is 28.7. The molecule has 4 aliphatic rings. The number of carbonyl (C=O) groups is 1. The number of carbonyl (C=O) groups excluding carboxylic acids is 1. The number of para-hydroxylation sites is 1. The summed E-state index contributed by atoms with van der Waals surface area (Å²) in [7, 11) is 0. The summed E-state index contributed by atoms with van der Waals surface area (Å²) in [5.41, 5.74) is 3.38. The second-order valence-electron chi connectivity index (χ2n) is 9.49. The Labute approximate surface area is 187 Å². The summed E-state index contributed by atoms with van der Waals surface area (Å²) in [6.45, 7) is 5.71. The number of hydrogen-bond acceptors (Lipinski definition) is 5. The Morgan fingerprint density at radius 1 is 1.19 bits per heavy atom. The highest BCUT2D eigenvalue weighted by molar-refractivity contribution is 5.94. The van der Waals surface area contributed by atoms with Gasteiger partial charge in [0.1, 0.15) is 17.4 Å². The standard InChI is InChI=1S/C26H28N2O4/c1-26(27-25(29)32-24-15-28-11-8-17(24)9-12-28)10-13-30-23-14-18(6-7-21(23)26)20-16-31-22-5-3-2-4-19(20)22/h2-7,14,16-17,24H,8-13,15H2,1H3,(H,27,29)/t24-,26?/m0/s1. The maximum absolute atomic E-state index is 12.9. The molecule has 32 heavy (non-hydrogen) atoms. The van der Waals surface area contributed by atoms with Gasteiger partial charge in [0.05, 0.1) is 18.4 Å². The Hall–Kier alpha value is -2.99. The van der Waals surface area contributed by atoms with Gasteiger partial charge in [0.2, 0.25) is 0 Å². The third-order valence-electron chi connectivity index (χ3n) is 7.46. The zero-order valence-electron chi connectivity index (χ0n) is 18.3. The Kier molecular flexibility index (Phi) is 4.65. The van der Waals surface area contributed by atoms with E-state index in [-0.39, 0.29) is 12.2 Å². The van der Waals surface area contributed by atoms with Crippen molar-refractivity contribution in [3.8, 4) is 16.9 Å². The van der Waals surface area contributed by atoms with Crippen molar-refractivity contribution < 1.29 is 18.7 Å². The van der Waals surface area contributed by atoms with Crippen LogP contribution in [0.5, 0.6) is 5.75 Å². The minimum absolute atomic E-state index is 0.00263. The molecule has 0 radical (unpaired) electrons. The molecule has 1 aromatic heterocycles. The van der Waals surface area contributed by atoms with Gasteiger partial charge in [-0.05, 0) is 56.5 Å². The molecule has 3 saturated heterocycles. The van der Waals surface area contributed by atoms with E-state index in [1.165, 1.54) is 0 Å². The number of hydrogen-bond donors (Lipinski definition) is 1. The molecule has 0 saturated carbocycles. The lowest BCUT2D eigenvalue weighted by Crippen LogP contribution is -2.54. The maximum atomic E-state index is 12.9. The number of benzene rings is 2. The van der Waals surface area contributed by atoms with Gasteiger partial charge >= 0.3 is 6.09 Å². The van der Waals surface area contributed by atoms with Crippen molar-refractivity contribution in [1.82, 2.24) is 10.2 Å². The monoisotopic (exact) mass is 432 g/mol. The molecular formula is C26H28N2O4. The molecule has 2 atom stereocenters. The first-order valence-electron chi connectivity index (χ1n) is 11.5. The van der Waals surface area contributed by atoms with Crippen molar-refractivity contribution in [1.29, 1.82) is 0 Å². The molecular weight excluding hydrogens is 404 g/mol. The highest BCUT2D eigenvalue weighted by atomic mass is 16.6. The number of nitrogens with zero attached hydrogens (tertiary/aromatic N) is 1. The molecule has 166 valence electrons. The van der Waals surface area contributed by atoms with Crippen LogP contribution in [0, 0.1) is 5.92 Å². The van der Waals surface area contributed by atoms with Crippen molar-refractivity contribution in [2.24, 2.45) is 5.92 Å². The van der Waals surface area contributed by atoms with Gasteiger partial charge in [0, 0.05) is 29.5 Å². The van der Waals surface area contributed by atoms with Crippen molar-refractivity contribution in [2.75, 3.05) is 26.2 Å². The molecule has 5 heterocycles. The topological polar surface area (TPSA) is 63.9 Å². The Bertz CT molecular complexity index is 1160. The van der Waals surface area contributed by atoms with Crippen LogP contribution in [0.15, 0.2) is 53.1 Å². The third kappa shape index (κ3) is 3.34. The van der Waals surface area contributed by atoms with Gasteiger partial charge in [0.25, 0.3) is 0 Å². The molecule has 1 amide bonds. The average molecular weight is 433 g/mol. The zero-order valence-corrected chi connectivity index (χ0v) is 18.3.